The molecule has 1 fully saturated rings. The number of hydrogen-bond acceptors (Lipinski definition) is 5. The number of anilines is 1. The fourth-order valence-electron chi connectivity index (χ4n) is 5.47. The van der Waals surface area contributed by atoms with Crippen LogP contribution in [0, 0.1) is 13.8 Å². The van der Waals surface area contributed by atoms with Gasteiger partial charge in [0.1, 0.15) is 18.3 Å². The molecule has 43 heavy (non-hydrogen) atoms. The van der Waals surface area contributed by atoms with E-state index >= 15 is 0 Å². The largest absolute Gasteiger partial charge is 0.495 e. The summed E-state index contributed by atoms with van der Waals surface area (Å²) in [6.45, 7) is 5.25. The van der Waals surface area contributed by atoms with Crippen molar-refractivity contribution in [1.82, 2.24) is 10.2 Å². The van der Waals surface area contributed by atoms with Crippen LogP contribution in [-0.4, -0.2) is 50.9 Å². The first-order valence-electron chi connectivity index (χ1n) is 14.6. The summed E-state index contributed by atoms with van der Waals surface area (Å²) in [5.41, 5.74) is 2.86. The predicted molar refractivity (Wildman–Crippen MR) is 170 cm³/mol. The van der Waals surface area contributed by atoms with E-state index in [1.54, 1.807) is 24.3 Å². The number of sulfonamides is 1. The quantitative estimate of drug-likeness (QED) is 0.265. The van der Waals surface area contributed by atoms with Crippen molar-refractivity contribution in [2.45, 2.75) is 76.4 Å². The van der Waals surface area contributed by atoms with Crippen LogP contribution in [0.25, 0.3) is 0 Å². The second-order valence-electron chi connectivity index (χ2n) is 11.0. The lowest BCUT2D eigenvalue weighted by atomic mass is 10.1. The first-order chi connectivity index (χ1) is 20.5. The summed E-state index contributed by atoms with van der Waals surface area (Å²) in [4.78, 5) is 29.5. The fraction of sp³-hybridized carbons (Fsp3) is 0.394. The molecule has 2 amide bonds. The van der Waals surface area contributed by atoms with Crippen LogP contribution < -0.4 is 14.4 Å². The first kappa shape index (κ1) is 32.4. The summed E-state index contributed by atoms with van der Waals surface area (Å²) in [6, 6.07) is 18.0. The van der Waals surface area contributed by atoms with E-state index in [4.69, 9.17) is 16.3 Å². The van der Waals surface area contributed by atoms with Crippen LogP contribution >= 0.6 is 11.6 Å². The number of benzene rings is 3. The molecule has 1 atom stereocenters. The third-order valence-corrected chi connectivity index (χ3v) is 10.00. The summed E-state index contributed by atoms with van der Waals surface area (Å²) < 4.78 is 34.9. The van der Waals surface area contributed by atoms with E-state index < -0.39 is 28.5 Å². The number of carbonyl (C=O) groups is 2. The first-order valence-corrected chi connectivity index (χ1v) is 16.4. The molecule has 0 radical (unpaired) electrons. The number of nitrogens with zero attached hydrogens (tertiary/aromatic N) is 2. The molecule has 8 nitrogen and oxygen atoms in total. The molecule has 0 saturated heterocycles. The molecule has 0 heterocycles. The molecule has 1 aliphatic rings. The number of carbonyl (C=O) groups excluding carboxylic acids is 2. The molecule has 4 rings (SSSR count). The van der Waals surface area contributed by atoms with Gasteiger partial charge in [-0.05, 0) is 74.6 Å². The number of amides is 2. The summed E-state index contributed by atoms with van der Waals surface area (Å²) >= 11 is 6.33. The van der Waals surface area contributed by atoms with Gasteiger partial charge in [0, 0.05) is 17.6 Å². The van der Waals surface area contributed by atoms with Crippen molar-refractivity contribution < 1.29 is 22.7 Å². The highest BCUT2D eigenvalue weighted by molar-refractivity contribution is 7.92. The molecule has 0 bridgehead atoms. The maximum absolute atomic E-state index is 14.4. The minimum atomic E-state index is -4.25. The molecule has 10 heteroatoms. The van der Waals surface area contributed by atoms with Gasteiger partial charge in [0.25, 0.3) is 10.0 Å². The van der Waals surface area contributed by atoms with E-state index in [0.717, 1.165) is 46.7 Å². The molecule has 0 aromatic heterocycles. The Balaban J connectivity index is 1.77. The lowest BCUT2D eigenvalue weighted by Crippen LogP contribution is -2.53. The van der Waals surface area contributed by atoms with Crippen LogP contribution in [0.5, 0.6) is 5.75 Å². The smallest absolute Gasteiger partial charge is 0.264 e. The minimum Gasteiger partial charge on any atom is -0.495 e. The van der Waals surface area contributed by atoms with Crippen LogP contribution in [-0.2, 0) is 26.2 Å². The van der Waals surface area contributed by atoms with Gasteiger partial charge < -0.3 is 15.0 Å². The molecule has 0 unspecified atom stereocenters. The normalized spacial score (nSPS) is 14.3. The Labute approximate surface area is 260 Å². The van der Waals surface area contributed by atoms with Crippen molar-refractivity contribution in [2.24, 2.45) is 0 Å². The number of aryl methyl sites for hydroxylation is 2. The molecule has 230 valence electrons. The highest BCUT2D eigenvalue weighted by Crippen LogP contribution is 2.35. The van der Waals surface area contributed by atoms with E-state index in [0.29, 0.717) is 6.42 Å². The van der Waals surface area contributed by atoms with Crippen molar-refractivity contribution >= 4 is 39.1 Å². The van der Waals surface area contributed by atoms with Gasteiger partial charge in [-0.3, -0.25) is 13.9 Å². The van der Waals surface area contributed by atoms with E-state index in [1.165, 1.54) is 30.2 Å². The third kappa shape index (κ3) is 7.70. The highest BCUT2D eigenvalue weighted by Gasteiger charge is 2.35. The molecule has 1 saturated carbocycles. The predicted octanol–water partition coefficient (Wildman–Crippen LogP) is 6.03. The second kappa shape index (κ2) is 14.3. The fourth-order valence-corrected chi connectivity index (χ4v) is 7.05. The van der Waals surface area contributed by atoms with Gasteiger partial charge in [-0.25, -0.2) is 8.42 Å². The Bertz CT molecular complexity index is 1540. The Kier molecular flexibility index (Phi) is 10.7. The average molecular weight is 626 g/mol. The van der Waals surface area contributed by atoms with Crippen molar-refractivity contribution in [2.75, 3.05) is 18.0 Å². The molecule has 0 spiro atoms. The number of nitrogens with one attached hydrogen (secondary N) is 1. The maximum atomic E-state index is 14.4. The van der Waals surface area contributed by atoms with Gasteiger partial charge in [0.05, 0.1) is 17.7 Å². The topological polar surface area (TPSA) is 96.0 Å². The molecule has 0 aliphatic heterocycles. The van der Waals surface area contributed by atoms with Gasteiger partial charge in [0.2, 0.25) is 11.8 Å². The van der Waals surface area contributed by atoms with E-state index in [1.807, 2.05) is 45.0 Å². The number of methoxy groups -OCH3 is 1. The van der Waals surface area contributed by atoms with Gasteiger partial charge >= 0.3 is 0 Å². The summed E-state index contributed by atoms with van der Waals surface area (Å²) in [5, 5.41) is 3.42. The zero-order chi connectivity index (χ0) is 31.1. The Hall–Kier alpha value is -3.56. The lowest BCUT2D eigenvalue weighted by molar-refractivity contribution is -0.140. The summed E-state index contributed by atoms with van der Waals surface area (Å²) in [6.07, 6.45) is 4.29. The average Bonchev–Trinajstić information content (AvgIpc) is 3.49. The molecule has 1 aliphatic carbocycles. The Morgan fingerprint density at radius 2 is 1.70 bits per heavy atom. The molecular formula is C33H40ClN3O5S. The van der Waals surface area contributed by atoms with Gasteiger partial charge in [0.15, 0.2) is 0 Å². The number of rotatable bonds is 12. The Morgan fingerprint density at radius 3 is 2.33 bits per heavy atom. The van der Waals surface area contributed by atoms with Crippen LogP contribution in [0.1, 0.15) is 55.7 Å². The maximum Gasteiger partial charge on any atom is 0.264 e. The van der Waals surface area contributed by atoms with Gasteiger partial charge in [-0.15, -0.1) is 0 Å². The van der Waals surface area contributed by atoms with Crippen molar-refractivity contribution in [1.29, 1.82) is 0 Å². The Morgan fingerprint density at radius 1 is 1.02 bits per heavy atom. The van der Waals surface area contributed by atoms with Gasteiger partial charge in [-0.1, -0.05) is 73.3 Å². The monoisotopic (exact) mass is 625 g/mol. The van der Waals surface area contributed by atoms with Crippen LogP contribution in [0.3, 0.4) is 0 Å². The zero-order valence-electron chi connectivity index (χ0n) is 25.2. The van der Waals surface area contributed by atoms with E-state index in [9.17, 15) is 18.0 Å². The number of ether oxygens (including phenoxy) is 1. The lowest BCUT2D eigenvalue weighted by Gasteiger charge is -2.34. The molecular weight excluding hydrogens is 586 g/mol. The number of halogens is 1. The molecule has 1 N–H and O–H groups in total. The van der Waals surface area contributed by atoms with Crippen molar-refractivity contribution in [3.8, 4) is 5.75 Å². The van der Waals surface area contributed by atoms with E-state index in [2.05, 4.69) is 5.32 Å². The van der Waals surface area contributed by atoms with Gasteiger partial charge in [-0.2, -0.15) is 0 Å². The standard InChI is InChI=1S/C33H40ClN3O5S/c1-5-29(33(39)35-27-12-8-9-13-27)36(21-25-11-7-6-10-24(25)3)32(38)22-37(30-20-26(34)16-19-31(30)42-4)43(40,41)28-17-14-23(2)15-18-28/h6-7,10-11,14-20,27,29H,5,8-9,12-13,21-22H2,1-4H3,(H,35,39)/t29-/m1/s1. The second-order valence-corrected chi connectivity index (χ2v) is 13.3. The summed E-state index contributed by atoms with van der Waals surface area (Å²) in [5.74, 6) is -0.511. The molecule has 3 aromatic rings. The number of hydrogen-bond donors (Lipinski definition) is 1. The van der Waals surface area contributed by atoms with Crippen LogP contribution in [0.4, 0.5) is 5.69 Å². The SMILES string of the molecule is CC[C@H](C(=O)NC1CCCC1)N(Cc1ccccc1C)C(=O)CN(c1cc(Cl)ccc1OC)S(=O)(=O)c1ccc(C)cc1. The third-order valence-electron chi connectivity index (χ3n) is 7.99. The van der Waals surface area contributed by atoms with Crippen LogP contribution in [0.2, 0.25) is 5.02 Å². The summed E-state index contributed by atoms with van der Waals surface area (Å²) in [7, 11) is -2.83. The van der Waals surface area contributed by atoms with Crippen molar-refractivity contribution in [3.63, 3.8) is 0 Å². The zero-order valence-corrected chi connectivity index (χ0v) is 26.7. The van der Waals surface area contributed by atoms with Crippen molar-refractivity contribution in [3.05, 3.63) is 88.4 Å². The van der Waals surface area contributed by atoms with Crippen LogP contribution in [0.15, 0.2) is 71.6 Å². The minimum absolute atomic E-state index is 0.0180. The van der Waals surface area contributed by atoms with E-state index in [-0.39, 0.29) is 39.8 Å². The highest BCUT2D eigenvalue weighted by atomic mass is 35.5. The molecule has 3 aromatic carbocycles.